The first-order valence-electron chi connectivity index (χ1n) is 6.95. The van der Waals surface area contributed by atoms with Crippen LogP contribution in [0.2, 0.25) is 0 Å². The largest absolute Gasteiger partial charge is 0.481 e. The van der Waals surface area contributed by atoms with E-state index in [2.05, 4.69) is 21.2 Å². The van der Waals surface area contributed by atoms with Crippen molar-refractivity contribution in [3.05, 3.63) is 34.1 Å². The molecule has 1 aliphatic rings. The van der Waals surface area contributed by atoms with Crippen molar-refractivity contribution in [1.29, 1.82) is 0 Å². The van der Waals surface area contributed by atoms with E-state index in [0.29, 0.717) is 18.7 Å². The molecule has 1 aromatic carbocycles. The van der Waals surface area contributed by atoms with Crippen molar-refractivity contribution in [1.82, 2.24) is 5.32 Å². The summed E-state index contributed by atoms with van der Waals surface area (Å²) in [6.07, 6.45) is 3.77. The molecule has 0 heterocycles. The molecule has 1 fully saturated rings. The highest BCUT2D eigenvalue weighted by Crippen LogP contribution is 2.29. The monoisotopic (exact) mass is 343 g/mol. The van der Waals surface area contributed by atoms with Crippen molar-refractivity contribution in [2.75, 3.05) is 6.54 Å². The SMILES string of the molecule is O=C(O)C1CCCCC1CNCc1cc(Br)ccc1F. The van der Waals surface area contributed by atoms with Crippen LogP contribution in [-0.2, 0) is 11.3 Å². The highest BCUT2D eigenvalue weighted by atomic mass is 79.9. The molecule has 2 N–H and O–H groups in total. The van der Waals surface area contributed by atoms with Crippen LogP contribution in [0.4, 0.5) is 4.39 Å². The van der Waals surface area contributed by atoms with Crippen LogP contribution in [0.1, 0.15) is 31.2 Å². The van der Waals surface area contributed by atoms with Gasteiger partial charge in [0.1, 0.15) is 5.82 Å². The van der Waals surface area contributed by atoms with Crippen molar-refractivity contribution in [2.45, 2.75) is 32.2 Å². The number of aliphatic carboxylic acids is 1. The lowest BCUT2D eigenvalue weighted by molar-refractivity contribution is -0.144. The molecular weight excluding hydrogens is 325 g/mol. The predicted octanol–water partition coefficient (Wildman–Crippen LogP) is 3.57. The highest BCUT2D eigenvalue weighted by molar-refractivity contribution is 9.10. The van der Waals surface area contributed by atoms with Gasteiger partial charge in [0, 0.05) is 16.6 Å². The van der Waals surface area contributed by atoms with Gasteiger partial charge in [-0.2, -0.15) is 0 Å². The second-order valence-corrected chi connectivity index (χ2v) is 6.27. The Labute approximate surface area is 126 Å². The molecule has 0 bridgehead atoms. The zero-order chi connectivity index (χ0) is 14.5. The molecule has 1 saturated carbocycles. The molecule has 0 radical (unpaired) electrons. The van der Waals surface area contributed by atoms with Crippen molar-refractivity contribution >= 4 is 21.9 Å². The fraction of sp³-hybridized carbons (Fsp3) is 0.533. The Hall–Kier alpha value is -0.940. The van der Waals surface area contributed by atoms with Crippen LogP contribution >= 0.6 is 15.9 Å². The number of nitrogens with one attached hydrogen (secondary N) is 1. The fourth-order valence-corrected chi connectivity index (χ4v) is 3.26. The summed E-state index contributed by atoms with van der Waals surface area (Å²) in [7, 11) is 0. The molecular formula is C15H19BrFNO2. The summed E-state index contributed by atoms with van der Waals surface area (Å²) in [4.78, 5) is 11.2. The summed E-state index contributed by atoms with van der Waals surface area (Å²) in [6.45, 7) is 1.05. The van der Waals surface area contributed by atoms with Gasteiger partial charge in [0.05, 0.1) is 5.92 Å². The Morgan fingerprint density at radius 1 is 1.40 bits per heavy atom. The summed E-state index contributed by atoms with van der Waals surface area (Å²) in [5.74, 6) is -1.05. The third-order valence-electron chi connectivity index (χ3n) is 3.96. The Bertz CT molecular complexity index is 481. The Morgan fingerprint density at radius 2 is 2.15 bits per heavy atom. The first-order chi connectivity index (χ1) is 9.58. The second-order valence-electron chi connectivity index (χ2n) is 5.36. The lowest BCUT2D eigenvalue weighted by atomic mass is 9.79. The highest BCUT2D eigenvalue weighted by Gasteiger charge is 2.30. The number of halogens is 2. The van der Waals surface area contributed by atoms with Crippen molar-refractivity contribution in [2.24, 2.45) is 11.8 Å². The van der Waals surface area contributed by atoms with Gasteiger partial charge in [-0.05, 0) is 43.5 Å². The molecule has 2 unspecified atom stereocenters. The zero-order valence-electron chi connectivity index (χ0n) is 11.2. The van der Waals surface area contributed by atoms with Crippen molar-refractivity contribution in [3.63, 3.8) is 0 Å². The molecule has 0 aromatic heterocycles. The van der Waals surface area contributed by atoms with Crippen LogP contribution in [-0.4, -0.2) is 17.6 Å². The Morgan fingerprint density at radius 3 is 2.90 bits per heavy atom. The molecule has 5 heteroatoms. The number of hydrogen-bond donors (Lipinski definition) is 2. The minimum atomic E-state index is -0.704. The number of carboxylic acids is 1. The maximum atomic E-state index is 13.6. The molecule has 110 valence electrons. The van der Waals surface area contributed by atoms with Gasteiger partial charge in [0.15, 0.2) is 0 Å². The van der Waals surface area contributed by atoms with E-state index in [1.54, 1.807) is 12.1 Å². The molecule has 1 aromatic rings. The molecule has 2 atom stereocenters. The van der Waals surface area contributed by atoms with Crippen molar-refractivity contribution < 1.29 is 14.3 Å². The number of hydrogen-bond acceptors (Lipinski definition) is 2. The van der Waals surface area contributed by atoms with Crippen LogP contribution in [0, 0.1) is 17.7 Å². The van der Waals surface area contributed by atoms with Gasteiger partial charge in [-0.15, -0.1) is 0 Å². The Balaban J connectivity index is 1.88. The Kier molecular flexibility index (Phi) is 5.54. The summed E-state index contributed by atoms with van der Waals surface area (Å²) in [6, 6.07) is 4.85. The van der Waals surface area contributed by atoms with E-state index < -0.39 is 5.97 Å². The number of carboxylic acid groups (broad SMARTS) is 1. The first-order valence-corrected chi connectivity index (χ1v) is 7.74. The van der Waals surface area contributed by atoms with Crippen LogP contribution in [0.3, 0.4) is 0 Å². The molecule has 1 aliphatic carbocycles. The first kappa shape index (κ1) is 15.4. The topological polar surface area (TPSA) is 49.3 Å². The molecule has 0 spiro atoms. The van der Waals surface area contributed by atoms with E-state index in [0.717, 1.165) is 30.2 Å². The maximum Gasteiger partial charge on any atom is 0.306 e. The van der Waals surface area contributed by atoms with E-state index in [1.165, 1.54) is 6.07 Å². The molecule has 3 nitrogen and oxygen atoms in total. The van der Waals surface area contributed by atoms with Gasteiger partial charge in [0.2, 0.25) is 0 Å². The number of benzene rings is 1. The van der Waals surface area contributed by atoms with E-state index in [-0.39, 0.29) is 17.7 Å². The third kappa shape index (κ3) is 4.03. The van der Waals surface area contributed by atoms with Gasteiger partial charge in [0.25, 0.3) is 0 Å². The van der Waals surface area contributed by atoms with E-state index in [4.69, 9.17) is 0 Å². The molecule has 0 saturated heterocycles. The normalized spacial score (nSPS) is 22.7. The molecule has 0 aliphatic heterocycles. The summed E-state index contributed by atoms with van der Waals surface area (Å²) < 4.78 is 14.4. The lowest BCUT2D eigenvalue weighted by Gasteiger charge is -2.28. The zero-order valence-corrected chi connectivity index (χ0v) is 12.8. The fourth-order valence-electron chi connectivity index (χ4n) is 2.85. The minimum Gasteiger partial charge on any atom is -0.481 e. The predicted molar refractivity (Wildman–Crippen MR) is 78.9 cm³/mol. The number of rotatable bonds is 5. The smallest absolute Gasteiger partial charge is 0.306 e. The maximum absolute atomic E-state index is 13.6. The molecule has 0 amide bonds. The third-order valence-corrected chi connectivity index (χ3v) is 4.45. The van der Waals surface area contributed by atoms with Gasteiger partial charge >= 0.3 is 5.97 Å². The number of carbonyl (C=O) groups is 1. The van der Waals surface area contributed by atoms with Crippen LogP contribution in [0.15, 0.2) is 22.7 Å². The van der Waals surface area contributed by atoms with Crippen LogP contribution < -0.4 is 5.32 Å². The summed E-state index contributed by atoms with van der Waals surface area (Å²) in [5, 5.41) is 12.4. The van der Waals surface area contributed by atoms with Gasteiger partial charge < -0.3 is 10.4 Å². The quantitative estimate of drug-likeness (QED) is 0.859. The van der Waals surface area contributed by atoms with E-state index >= 15 is 0 Å². The van der Waals surface area contributed by atoms with Gasteiger partial charge in [-0.25, -0.2) is 4.39 Å². The van der Waals surface area contributed by atoms with Crippen LogP contribution in [0.25, 0.3) is 0 Å². The summed E-state index contributed by atoms with van der Waals surface area (Å²) >= 11 is 3.32. The minimum absolute atomic E-state index is 0.150. The molecule has 2 rings (SSSR count). The average molecular weight is 344 g/mol. The lowest BCUT2D eigenvalue weighted by Crippen LogP contribution is -2.34. The standard InChI is InChI=1S/C15H19BrFNO2/c16-12-5-6-14(17)11(7-12)9-18-8-10-3-1-2-4-13(10)15(19)20/h5-7,10,13,18H,1-4,8-9H2,(H,19,20). The van der Waals surface area contributed by atoms with E-state index in [1.807, 2.05) is 0 Å². The molecule has 20 heavy (non-hydrogen) atoms. The van der Waals surface area contributed by atoms with Gasteiger partial charge in [-0.3, -0.25) is 4.79 Å². The van der Waals surface area contributed by atoms with E-state index in [9.17, 15) is 14.3 Å². The summed E-state index contributed by atoms with van der Waals surface area (Å²) in [5.41, 5.74) is 0.599. The average Bonchev–Trinajstić information content (AvgIpc) is 2.43. The van der Waals surface area contributed by atoms with Gasteiger partial charge in [-0.1, -0.05) is 28.8 Å². The van der Waals surface area contributed by atoms with Crippen molar-refractivity contribution in [3.8, 4) is 0 Å². The second kappa shape index (κ2) is 7.18. The van der Waals surface area contributed by atoms with Crippen LogP contribution in [0.5, 0.6) is 0 Å².